The van der Waals surface area contributed by atoms with Gasteiger partial charge in [-0.05, 0) is 44.9 Å². The van der Waals surface area contributed by atoms with Crippen molar-refractivity contribution in [3.05, 3.63) is 24.3 Å². The third kappa shape index (κ3) is 24.9. The van der Waals surface area contributed by atoms with Crippen LogP contribution in [0, 0.1) is 0 Å². The van der Waals surface area contributed by atoms with E-state index >= 15 is 0 Å². The maximum atomic E-state index is 12.9. The van der Waals surface area contributed by atoms with Crippen LogP contribution in [0.25, 0.3) is 0 Å². The summed E-state index contributed by atoms with van der Waals surface area (Å²) in [5.74, 6) is -0.154. The summed E-state index contributed by atoms with van der Waals surface area (Å²) in [6.45, 7) is 3.78. The minimum absolute atomic E-state index is 0.140. The zero-order chi connectivity index (χ0) is 38.1. The molecule has 1 aliphatic heterocycles. The zero-order valence-electron chi connectivity index (χ0n) is 33.3. The molecule has 1 rings (SSSR count). The lowest BCUT2D eigenvalue weighted by Crippen LogP contribution is -2.60. The molecule has 6 N–H and O–H groups in total. The molecule has 0 aromatic heterocycles. The van der Waals surface area contributed by atoms with Crippen molar-refractivity contribution in [2.24, 2.45) is 0 Å². The molecule has 0 aromatic rings. The highest BCUT2D eigenvalue weighted by Gasteiger charge is 2.44. The Morgan fingerprint density at radius 2 is 1.13 bits per heavy atom. The van der Waals surface area contributed by atoms with E-state index in [1.54, 1.807) is 0 Å². The lowest BCUT2D eigenvalue weighted by atomic mass is 9.99. The van der Waals surface area contributed by atoms with Crippen LogP contribution >= 0.6 is 0 Å². The first-order valence-corrected chi connectivity index (χ1v) is 21.5. The van der Waals surface area contributed by atoms with Gasteiger partial charge in [0.25, 0.3) is 0 Å². The molecule has 7 unspecified atom stereocenters. The first-order chi connectivity index (χ1) is 25.3. The smallest absolute Gasteiger partial charge is 0.220 e. The highest BCUT2D eigenvalue weighted by atomic mass is 16.7. The Morgan fingerprint density at radius 1 is 0.654 bits per heavy atom. The largest absolute Gasteiger partial charge is 0.394 e. The first kappa shape index (κ1) is 48.7. The number of carbonyl (C=O) groups is 1. The predicted molar refractivity (Wildman–Crippen MR) is 212 cm³/mol. The van der Waals surface area contributed by atoms with Crippen molar-refractivity contribution in [2.45, 2.75) is 230 Å². The van der Waals surface area contributed by atoms with Gasteiger partial charge >= 0.3 is 0 Å². The molecule has 1 aliphatic rings. The van der Waals surface area contributed by atoms with Crippen molar-refractivity contribution in [3.63, 3.8) is 0 Å². The molecule has 0 radical (unpaired) electrons. The van der Waals surface area contributed by atoms with Crippen LogP contribution in [0.4, 0.5) is 0 Å². The molecule has 1 saturated heterocycles. The molecule has 52 heavy (non-hydrogen) atoms. The van der Waals surface area contributed by atoms with Crippen LogP contribution in [-0.2, 0) is 14.3 Å². The molecule has 0 spiro atoms. The van der Waals surface area contributed by atoms with Crippen molar-refractivity contribution in [1.82, 2.24) is 5.32 Å². The second-order valence-electron chi connectivity index (χ2n) is 15.1. The van der Waals surface area contributed by atoms with Gasteiger partial charge in [-0.25, -0.2) is 0 Å². The molecule has 1 amide bonds. The zero-order valence-corrected chi connectivity index (χ0v) is 33.3. The number of aliphatic hydroxyl groups excluding tert-OH is 5. The first-order valence-electron chi connectivity index (χ1n) is 21.5. The number of carbonyl (C=O) groups excluding carboxylic acids is 1. The van der Waals surface area contributed by atoms with Crippen LogP contribution in [0.5, 0.6) is 0 Å². The summed E-state index contributed by atoms with van der Waals surface area (Å²) < 4.78 is 11.2. The molecule has 9 heteroatoms. The molecule has 0 aliphatic carbocycles. The predicted octanol–water partition coefficient (Wildman–Crippen LogP) is 8.33. The number of rotatable bonds is 35. The Hall–Kier alpha value is -1.33. The highest BCUT2D eigenvalue weighted by Crippen LogP contribution is 2.23. The molecule has 9 nitrogen and oxygen atoms in total. The van der Waals surface area contributed by atoms with Crippen LogP contribution in [-0.4, -0.2) is 87.5 Å². The maximum absolute atomic E-state index is 12.9. The lowest BCUT2D eigenvalue weighted by Gasteiger charge is -2.40. The topological polar surface area (TPSA) is 149 Å². The number of hydrogen-bond donors (Lipinski definition) is 6. The molecule has 0 bridgehead atoms. The Balaban J connectivity index is 2.36. The summed E-state index contributed by atoms with van der Waals surface area (Å²) in [5, 5.41) is 54.2. The van der Waals surface area contributed by atoms with Crippen molar-refractivity contribution >= 4 is 5.91 Å². The van der Waals surface area contributed by atoms with Crippen molar-refractivity contribution in [1.29, 1.82) is 0 Å². The van der Waals surface area contributed by atoms with Crippen LogP contribution in [0.3, 0.4) is 0 Å². The van der Waals surface area contributed by atoms with Crippen LogP contribution in [0.15, 0.2) is 24.3 Å². The van der Waals surface area contributed by atoms with Gasteiger partial charge < -0.3 is 40.3 Å². The second-order valence-corrected chi connectivity index (χ2v) is 15.1. The second kappa shape index (κ2) is 34.2. The van der Waals surface area contributed by atoms with Gasteiger partial charge in [0.2, 0.25) is 5.91 Å². The summed E-state index contributed by atoms with van der Waals surface area (Å²) in [6.07, 6.45) is 31.8. The average molecular weight is 740 g/mol. The molecule has 0 aromatic carbocycles. The van der Waals surface area contributed by atoms with Gasteiger partial charge in [-0.3, -0.25) is 4.79 Å². The monoisotopic (exact) mass is 740 g/mol. The molecular formula is C43H81NO8. The summed E-state index contributed by atoms with van der Waals surface area (Å²) >= 11 is 0. The van der Waals surface area contributed by atoms with E-state index in [2.05, 4.69) is 43.5 Å². The van der Waals surface area contributed by atoms with E-state index < -0.39 is 49.5 Å². The van der Waals surface area contributed by atoms with Crippen LogP contribution < -0.4 is 5.32 Å². The quantitative estimate of drug-likeness (QED) is 0.0281. The molecule has 306 valence electrons. The lowest BCUT2D eigenvalue weighted by molar-refractivity contribution is -0.302. The Labute approximate surface area is 318 Å². The van der Waals surface area contributed by atoms with E-state index in [1.165, 1.54) is 109 Å². The summed E-state index contributed by atoms with van der Waals surface area (Å²) in [6, 6.07) is -0.719. The molecule has 7 atom stereocenters. The van der Waals surface area contributed by atoms with E-state index in [4.69, 9.17) is 9.47 Å². The number of unbranched alkanes of at least 4 members (excludes halogenated alkanes) is 21. The summed E-state index contributed by atoms with van der Waals surface area (Å²) in [5.41, 5.74) is 0. The SMILES string of the molecule is CCCCC/C=C\C/C=C\CCCCCCCCCC(=O)NC(COC1OC(CO)C(O)C(O)C1O)C(O)CCCCCCCCCCCCCC. The van der Waals surface area contributed by atoms with Gasteiger partial charge in [0.05, 0.1) is 25.4 Å². The van der Waals surface area contributed by atoms with Gasteiger partial charge in [0.1, 0.15) is 24.4 Å². The fourth-order valence-electron chi connectivity index (χ4n) is 6.78. The van der Waals surface area contributed by atoms with Gasteiger partial charge in [-0.1, -0.05) is 160 Å². The van der Waals surface area contributed by atoms with E-state index in [-0.39, 0.29) is 12.5 Å². The fraction of sp³-hybridized carbons (Fsp3) is 0.884. The van der Waals surface area contributed by atoms with Crippen molar-refractivity contribution in [3.8, 4) is 0 Å². The van der Waals surface area contributed by atoms with Crippen molar-refractivity contribution in [2.75, 3.05) is 13.2 Å². The number of aliphatic hydroxyl groups is 5. The Bertz CT molecular complexity index is 868. The third-order valence-electron chi connectivity index (χ3n) is 10.3. The normalized spacial score (nSPS) is 22.0. The Morgan fingerprint density at radius 3 is 1.69 bits per heavy atom. The third-order valence-corrected chi connectivity index (χ3v) is 10.3. The van der Waals surface area contributed by atoms with Gasteiger partial charge in [0, 0.05) is 6.42 Å². The van der Waals surface area contributed by atoms with E-state index in [1.807, 2.05) is 0 Å². The minimum Gasteiger partial charge on any atom is -0.394 e. The summed E-state index contributed by atoms with van der Waals surface area (Å²) in [4.78, 5) is 12.9. The number of hydrogen-bond acceptors (Lipinski definition) is 8. The van der Waals surface area contributed by atoms with Crippen LogP contribution in [0.2, 0.25) is 0 Å². The van der Waals surface area contributed by atoms with Gasteiger partial charge in [-0.15, -0.1) is 0 Å². The van der Waals surface area contributed by atoms with Crippen molar-refractivity contribution < 1.29 is 39.8 Å². The number of amides is 1. The summed E-state index contributed by atoms with van der Waals surface area (Å²) in [7, 11) is 0. The van der Waals surface area contributed by atoms with E-state index in [0.29, 0.717) is 12.8 Å². The average Bonchev–Trinajstić information content (AvgIpc) is 3.14. The highest BCUT2D eigenvalue weighted by molar-refractivity contribution is 5.76. The molecule has 0 saturated carbocycles. The van der Waals surface area contributed by atoms with E-state index in [0.717, 1.165) is 51.4 Å². The molecule has 1 heterocycles. The van der Waals surface area contributed by atoms with Gasteiger partial charge in [-0.2, -0.15) is 0 Å². The molecule has 1 fully saturated rings. The fourth-order valence-corrected chi connectivity index (χ4v) is 6.78. The van der Waals surface area contributed by atoms with Gasteiger partial charge in [0.15, 0.2) is 6.29 Å². The maximum Gasteiger partial charge on any atom is 0.220 e. The number of allylic oxidation sites excluding steroid dienone is 4. The van der Waals surface area contributed by atoms with Crippen LogP contribution in [0.1, 0.15) is 187 Å². The Kier molecular flexibility index (Phi) is 32.0. The van der Waals surface area contributed by atoms with E-state index in [9.17, 15) is 30.3 Å². The number of ether oxygens (including phenoxy) is 2. The number of nitrogens with one attached hydrogen (secondary N) is 1. The standard InChI is InChI=1S/C43H81NO8/c1-3-5-7-9-11-13-15-17-18-19-20-21-23-25-27-29-31-33-39(47)44-36(35-51-43-42(50)41(49)40(48)38(34-45)52-43)37(46)32-30-28-26-24-22-16-14-12-10-8-6-4-2/h11,13,17-18,36-38,40-43,45-46,48-50H,3-10,12,14-16,19-35H2,1-2H3,(H,44,47)/b13-11-,18-17-. The molecular weight excluding hydrogens is 658 g/mol. The minimum atomic E-state index is -1.55.